The first kappa shape index (κ1) is 21.1. The van der Waals surface area contributed by atoms with Crippen molar-refractivity contribution in [2.24, 2.45) is 0 Å². The Bertz CT molecular complexity index is 709. The number of hydrogen-bond donors (Lipinski definition) is 2. The monoisotopic (exact) mass is 376 g/mol. The third kappa shape index (κ3) is 7.24. The Morgan fingerprint density at radius 2 is 2.04 bits per heavy atom. The van der Waals surface area contributed by atoms with Gasteiger partial charge in [0.15, 0.2) is 0 Å². The molecule has 0 atom stereocenters. The standard InChI is InChI=1S/C15H24N2O7S/c1-10(2)23-5-6-25(21,22)16-8-14(18)17(4)9-12-7-13(15(19)20)11(3)24-12/h7,10,16H,5-6,8-9H2,1-4H3,(H,19,20). The number of nitrogens with zero attached hydrogens (tertiary/aromatic N) is 1. The van der Waals surface area contributed by atoms with Gasteiger partial charge in [-0.3, -0.25) is 4.79 Å². The zero-order chi connectivity index (χ0) is 19.2. The number of furan rings is 1. The molecule has 0 aliphatic carbocycles. The van der Waals surface area contributed by atoms with E-state index in [1.807, 2.05) is 0 Å². The maximum absolute atomic E-state index is 12.0. The van der Waals surface area contributed by atoms with Crippen molar-refractivity contribution in [3.05, 3.63) is 23.2 Å². The van der Waals surface area contributed by atoms with Gasteiger partial charge in [-0.15, -0.1) is 0 Å². The molecule has 9 nitrogen and oxygen atoms in total. The summed E-state index contributed by atoms with van der Waals surface area (Å²) in [6.07, 6.45) is -0.0737. The smallest absolute Gasteiger partial charge is 0.339 e. The Labute approximate surface area is 147 Å². The van der Waals surface area contributed by atoms with Crippen LogP contribution in [0.4, 0.5) is 0 Å². The molecular weight excluding hydrogens is 352 g/mol. The first-order chi connectivity index (χ1) is 11.5. The normalized spacial score (nSPS) is 11.7. The highest BCUT2D eigenvalue weighted by molar-refractivity contribution is 7.89. The van der Waals surface area contributed by atoms with Crippen molar-refractivity contribution in [2.75, 3.05) is 26.0 Å². The Balaban J connectivity index is 2.51. The van der Waals surface area contributed by atoms with E-state index in [-0.39, 0.29) is 36.3 Å². The number of likely N-dealkylation sites (N-methyl/N-ethyl adjacent to an activating group) is 1. The fourth-order valence-electron chi connectivity index (χ4n) is 1.93. The molecule has 0 radical (unpaired) electrons. The van der Waals surface area contributed by atoms with Gasteiger partial charge in [0.2, 0.25) is 15.9 Å². The lowest BCUT2D eigenvalue weighted by Gasteiger charge is -2.16. The molecule has 0 saturated heterocycles. The minimum atomic E-state index is -3.62. The predicted molar refractivity (Wildman–Crippen MR) is 89.8 cm³/mol. The van der Waals surface area contributed by atoms with E-state index < -0.39 is 28.4 Å². The molecule has 1 heterocycles. The van der Waals surface area contributed by atoms with Crippen LogP contribution in [0.1, 0.15) is 35.7 Å². The predicted octanol–water partition coefficient (Wildman–Crippen LogP) is 0.589. The molecule has 0 aromatic carbocycles. The number of carbonyl (C=O) groups is 2. The van der Waals surface area contributed by atoms with Crippen LogP contribution in [0.25, 0.3) is 0 Å². The van der Waals surface area contributed by atoms with Crippen LogP contribution in [0, 0.1) is 6.92 Å². The maximum atomic E-state index is 12.0. The molecule has 10 heteroatoms. The number of rotatable bonds is 10. The summed E-state index contributed by atoms with van der Waals surface area (Å²) in [4.78, 5) is 24.2. The lowest BCUT2D eigenvalue weighted by molar-refractivity contribution is -0.129. The second kappa shape index (κ2) is 8.97. The number of aryl methyl sites for hydroxylation is 1. The fraction of sp³-hybridized carbons (Fsp3) is 0.600. The molecule has 0 unspecified atom stereocenters. The molecule has 2 N–H and O–H groups in total. The molecule has 0 bridgehead atoms. The van der Waals surface area contributed by atoms with Crippen molar-refractivity contribution in [1.29, 1.82) is 0 Å². The van der Waals surface area contributed by atoms with Gasteiger partial charge in [0.1, 0.15) is 17.1 Å². The number of carboxylic acids is 1. The summed E-state index contributed by atoms with van der Waals surface area (Å²) in [7, 11) is -2.15. The summed E-state index contributed by atoms with van der Waals surface area (Å²) >= 11 is 0. The molecular formula is C15H24N2O7S. The van der Waals surface area contributed by atoms with Crippen LogP contribution in [0.2, 0.25) is 0 Å². The van der Waals surface area contributed by atoms with E-state index in [0.29, 0.717) is 5.76 Å². The molecule has 0 fully saturated rings. The quantitative estimate of drug-likeness (QED) is 0.612. The van der Waals surface area contributed by atoms with Gasteiger partial charge in [0, 0.05) is 7.05 Å². The van der Waals surface area contributed by atoms with E-state index in [2.05, 4.69) is 4.72 Å². The number of sulfonamides is 1. The Kier molecular flexibility index (Phi) is 7.59. The molecule has 25 heavy (non-hydrogen) atoms. The Morgan fingerprint density at radius 3 is 2.56 bits per heavy atom. The second-order valence-electron chi connectivity index (χ2n) is 5.80. The zero-order valence-corrected chi connectivity index (χ0v) is 15.6. The summed E-state index contributed by atoms with van der Waals surface area (Å²) in [6, 6.07) is 1.34. The van der Waals surface area contributed by atoms with Gasteiger partial charge in [-0.1, -0.05) is 0 Å². The third-order valence-corrected chi connectivity index (χ3v) is 4.55. The van der Waals surface area contributed by atoms with Gasteiger partial charge in [-0.05, 0) is 26.8 Å². The average molecular weight is 376 g/mol. The number of ether oxygens (including phenoxy) is 1. The largest absolute Gasteiger partial charge is 0.478 e. The van der Waals surface area contributed by atoms with Crippen molar-refractivity contribution >= 4 is 21.9 Å². The maximum Gasteiger partial charge on any atom is 0.339 e. The minimum Gasteiger partial charge on any atom is -0.478 e. The van der Waals surface area contributed by atoms with Gasteiger partial charge in [-0.25, -0.2) is 17.9 Å². The number of aromatic carboxylic acids is 1. The molecule has 1 rings (SSSR count). The van der Waals surface area contributed by atoms with Gasteiger partial charge in [0.25, 0.3) is 0 Å². The van der Waals surface area contributed by atoms with Crippen molar-refractivity contribution < 1.29 is 32.3 Å². The molecule has 0 spiro atoms. The molecule has 0 aliphatic heterocycles. The van der Waals surface area contributed by atoms with Crippen LogP contribution in [-0.4, -0.2) is 62.4 Å². The van der Waals surface area contributed by atoms with Crippen molar-refractivity contribution in [1.82, 2.24) is 9.62 Å². The average Bonchev–Trinajstić information content (AvgIpc) is 2.85. The van der Waals surface area contributed by atoms with Crippen LogP contribution in [0.15, 0.2) is 10.5 Å². The first-order valence-corrected chi connectivity index (χ1v) is 9.32. The number of hydrogen-bond acceptors (Lipinski definition) is 6. The van der Waals surface area contributed by atoms with E-state index in [1.165, 1.54) is 24.9 Å². The first-order valence-electron chi connectivity index (χ1n) is 7.67. The molecule has 1 aromatic rings. The van der Waals surface area contributed by atoms with Crippen LogP contribution < -0.4 is 4.72 Å². The Morgan fingerprint density at radius 1 is 1.40 bits per heavy atom. The van der Waals surface area contributed by atoms with E-state index in [0.717, 1.165) is 0 Å². The lowest BCUT2D eigenvalue weighted by Crippen LogP contribution is -2.39. The minimum absolute atomic E-state index is 0.0294. The Hall–Kier alpha value is -1.91. The summed E-state index contributed by atoms with van der Waals surface area (Å²) in [6.45, 7) is 4.79. The summed E-state index contributed by atoms with van der Waals surface area (Å²) in [5.41, 5.74) is 0.0294. The highest BCUT2D eigenvalue weighted by Crippen LogP contribution is 2.16. The van der Waals surface area contributed by atoms with Crippen molar-refractivity contribution in [2.45, 2.75) is 33.4 Å². The van der Waals surface area contributed by atoms with Crippen LogP contribution in [0.5, 0.6) is 0 Å². The van der Waals surface area contributed by atoms with Gasteiger partial charge < -0.3 is 19.2 Å². The molecule has 1 amide bonds. The number of nitrogens with one attached hydrogen (secondary N) is 1. The highest BCUT2D eigenvalue weighted by atomic mass is 32.2. The van der Waals surface area contributed by atoms with Gasteiger partial charge in [0.05, 0.1) is 31.6 Å². The van der Waals surface area contributed by atoms with E-state index in [4.69, 9.17) is 14.3 Å². The summed E-state index contributed by atoms with van der Waals surface area (Å²) in [5.74, 6) is -1.27. The van der Waals surface area contributed by atoms with Crippen molar-refractivity contribution in [3.8, 4) is 0 Å². The fourth-order valence-corrected chi connectivity index (χ4v) is 2.73. The molecule has 1 aromatic heterocycles. The molecule has 0 saturated carbocycles. The van der Waals surface area contributed by atoms with E-state index >= 15 is 0 Å². The van der Waals surface area contributed by atoms with E-state index in [1.54, 1.807) is 13.8 Å². The zero-order valence-electron chi connectivity index (χ0n) is 14.7. The number of carboxylic acid groups (broad SMARTS) is 1. The van der Waals surface area contributed by atoms with Gasteiger partial charge >= 0.3 is 5.97 Å². The summed E-state index contributed by atoms with van der Waals surface area (Å²) in [5, 5.41) is 8.97. The third-order valence-electron chi connectivity index (χ3n) is 3.26. The van der Waals surface area contributed by atoms with Crippen LogP contribution >= 0.6 is 0 Å². The molecule has 142 valence electrons. The van der Waals surface area contributed by atoms with Gasteiger partial charge in [-0.2, -0.15) is 0 Å². The number of carbonyl (C=O) groups excluding carboxylic acids is 1. The lowest BCUT2D eigenvalue weighted by atomic mass is 10.2. The summed E-state index contributed by atoms with van der Waals surface area (Å²) < 4.78 is 36.2. The second-order valence-corrected chi connectivity index (χ2v) is 7.72. The van der Waals surface area contributed by atoms with Crippen LogP contribution in [0.3, 0.4) is 0 Å². The number of amides is 1. The molecule has 0 aliphatic rings. The topological polar surface area (TPSA) is 126 Å². The van der Waals surface area contributed by atoms with Crippen molar-refractivity contribution in [3.63, 3.8) is 0 Å². The highest BCUT2D eigenvalue weighted by Gasteiger charge is 2.18. The SMILES string of the molecule is Cc1oc(CN(C)C(=O)CNS(=O)(=O)CCOC(C)C)cc1C(=O)O. The van der Waals surface area contributed by atoms with E-state index in [9.17, 15) is 18.0 Å². The van der Waals surface area contributed by atoms with Crippen LogP contribution in [-0.2, 0) is 26.1 Å².